The molecule has 2 aromatic carbocycles. The number of anilines is 1. The lowest BCUT2D eigenvalue weighted by atomic mass is 10.1. The molecule has 1 amide bonds. The fourth-order valence-electron chi connectivity index (χ4n) is 2.14. The highest BCUT2D eigenvalue weighted by Crippen LogP contribution is 2.28. The molecule has 0 fully saturated rings. The van der Waals surface area contributed by atoms with Crippen LogP contribution in [0, 0.1) is 0 Å². The molecule has 7 heteroatoms. The van der Waals surface area contributed by atoms with Crippen molar-refractivity contribution in [2.45, 2.75) is 6.42 Å². The van der Waals surface area contributed by atoms with Crippen molar-refractivity contribution < 1.29 is 29.3 Å². The normalized spacial score (nSPS) is 10.1. The smallest absolute Gasteiger partial charge is 0.335 e. The molecule has 3 N–H and O–H groups in total. The van der Waals surface area contributed by atoms with E-state index in [0.29, 0.717) is 17.1 Å². The summed E-state index contributed by atoms with van der Waals surface area (Å²) in [4.78, 5) is 23.1. The molecule has 0 bridgehead atoms. The van der Waals surface area contributed by atoms with Crippen LogP contribution in [-0.4, -0.2) is 36.3 Å². The first-order chi connectivity index (χ1) is 11.4. The molecule has 2 aromatic rings. The molecular weight excluding hydrogens is 314 g/mol. The monoisotopic (exact) mass is 331 g/mol. The predicted octanol–water partition coefficient (Wildman–Crippen LogP) is 2.29. The van der Waals surface area contributed by atoms with Crippen molar-refractivity contribution in [1.82, 2.24) is 0 Å². The average molecular weight is 331 g/mol. The zero-order valence-electron chi connectivity index (χ0n) is 13.2. The van der Waals surface area contributed by atoms with Crippen molar-refractivity contribution in [1.29, 1.82) is 0 Å². The molecule has 0 saturated heterocycles. The van der Waals surface area contributed by atoms with Gasteiger partial charge < -0.3 is 25.0 Å². The first-order valence-electron chi connectivity index (χ1n) is 7.01. The second kappa shape index (κ2) is 7.36. The van der Waals surface area contributed by atoms with Crippen LogP contribution < -0.4 is 14.8 Å². The van der Waals surface area contributed by atoms with Crippen LogP contribution in [0.4, 0.5) is 5.69 Å². The molecule has 0 aliphatic carbocycles. The van der Waals surface area contributed by atoms with Crippen LogP contribution in [0.1, 0.15) is 15.9 Å². The minimum atomic E-state index is -1.15. The van der Waals surface area contributed by atoms with E-state index in [1.807, 2.05) is 0 Å². The third-order valence-electron chi connectivity index (χ3n) is 3.33. The van der Waals surface area contributed by atoms with Crippen LogP contribution in [0.25, 0.3) is 0 Å². The van der Waals surface area contributed by atoms with Gasteiger partial charge in [0.25, 0.3) is 0 Å². The third kappa shape index (κ3) is 3.95. The van der Waals surface area contributed by atoms with Crippen molar-refractivity contribution in [3.8, 4) is 17.2 Å². The molecule has 0 radical (unpaired) electrons. The number of carboxylic acids is 1. The summed E-state index contributed by atoms with van der Waals surface area (Å²) in [6, 6.07) is 8.74. The molecule has 0 aliphatic heterocycles. The maximum Gasteiger partial charge on any atom is 0.335 e. The summed E-state index contributed by atoms with van der Waals surface area (Å²) < 4.78 is 10.3. The highest BCUT2D eigenvalue weighted by Gasteiger charge is 2.12. The Morgan fingerprint density at radius 3 is 2.38 bits per heavy atom. The van der Waals surface area contributed by atoms with E-state index in [0.717, 1.165) is 0 Å². The number of ether oxygens (including phenoxy) is 2. The number of carbonyl (C=O) groups is 2. The fourth-order valence-corrected chi connectivity index (χ4v) is 2.14. The average Bonchev–Trinajstić information content (AvgIpc) is 2.56. The van der Waals surface area contributed by atoms with Crippen LogP contribution in [0.5, 0.6) is 17.2 Å². The van der Waals surface area contributed by atoms with Gasteiger partial charge in [0, 0.05) is 0 Å². The number of carboxylic acid groups (broad SMARTS) is 1. The highest BCUT2D eigenvalue weighted by atomic mass is 16.5. The molecule has 0 spiro atoms. The number of aromatic carboxylic acids is 1. The number of hydrogen-bond acceptors (Lipinski definition) is 5. The summed E-state index contributed by atoms with van der Waals surface area (Å²) >= 11 is 0. The number of phenols is 1. The molecule has 0 aliphatic rings. The molecule has 7 nitrogen and oxygen atoms in total. The van der Waals surface area contributed by atoms with Gasteiger partial charge in [0.15, 0.2) is 11.5 Å². The van der Waals surface area contributed by atoms with Gasteiger partial charge in [0.2, 0.25) is 5.91 Å². The highest BCUT2D eigenvalue weighted by molar-refractivity contribution is 5.96. The topological polar surface area (TPSA) is 105 Å². The number of carbonyl (C=O) groups excluding carboxylic acids is 1. The van der Waals surface area contributed by atoms with E-state index in [4.69, 9.17) is 14.6 Å². The lowest BCUT2D eigenvalue weighted by Crippen LogP contribution is -2.15. The number of phenolic OH excluding ortho intramolecular Hbond substituents is 1. The lowest BCUT2D eigenvalue weighted by molar-refractivity contribution is -0.115. The second-order valence-corrected chi connectivity index (χ2v) is 4.95. The van der Waals surface area contributed by atoms with Gasteiger partial charge in [-0.1, -0.05) is 6.07 Å². The molecule has 126 valence electrons. The Balaban J connectivity index is 2.14. The molecule has 24 heavy (non-hydrogen) atoms. The number of hydrogen-bond donors (Lipinski definition) is 3. The number of methoxy groups -OCH3 is 2. The number of benzene rings is 2. The minimum absolute atomic E-state index is 0.0249. The van der Waals surface area contributed by atoms with E-state index in [1.54, 1.807) is 18.2 Å². The Bertz CT molecular complexity index is 772. The molecule has 0 unspecified atom stereocenters. The van der Waals surface area contributed by atoms with E-state index >= 15 is 0 Å². The quantitative estimate of drug-likeness (QED) is 0.702. The lowest BCUT2D eigenvalue weighted by Gasteiger charge is -2.11. The Morgan fingerprint density at radius 2 is 1.75 bits per heavy atom. The zero-order valence-corrected chi connectivity index (χ0v) is 13.2. The molecule has 2 rings (SSSR count). The number of nitrogens with one attached hydrogen (secondary N) is 1. The summed E-state index contributed by atoms with van der Waals surface area (Å²) in [5, 5.41) is 21.2. The van der Waals surface area contributed by atoms with E-state index < -0.39 is 11.9 Å². The van der Waals surface area contributed by atoms with Gasteiger partial charge in [0.1, 0.15) is 5.75 Å². The van der Waals surface area contributed by atoms with Crippen molar-refractivity contribution in [2.24, 2.45) is 0 Å². The van der Waals surface area contributed by atoms with Crippen molar-refractivity contribution >= 4 is 17.6 Å². The molecule has 0 saturated carbocycles. The Kier molecular flexibility index (Phi) is 5.26. The van der Waals surface area contributed by atoms with Crippen LogP contribution in [0.15, 0.2) is 36.4 Å². The van der Waals surface area contributed by atoms with Gasteiger partial charge in [-0.2, -0.15) is 0 Å². The maximum absolute atomic E-state index is 12.1. The summed E-state index contributed by atoms with van der Waals surface area (Å²) in [5.74, 6) is -0.710. The van der Waals surface area contributed by atoms with Gasteiger partial charge in [0.05, 0.1) is 31.9 Å². The number of rotatable bonds is 6. The fraction of sp³-hybridized carbons (Fsp3) is 0.176. The van der Waals surface area contributed by atoms with Crippen molar-refractivity contribution in [3.63, 3.8) is 0 Å². The predicted molar refractivity (Wildman–Crippen MR) is 86.9 cm³/mol. The molecular formula is C17H17NO6. The van der Waals surface area contributed by atoms with Crippen molar-refractivity contribution in [2.75, 3.05) is 19.5 Å². The summed E-state index contributed by atoms with van der Waals surface area (Å²) in [6.07, 6.45) is 0.0249. The Labute approximate surface area is 138 Å². The number of aromatic hydroxyl groups is 1. The number of amides is 1. The summed E-state index contributed by atoms with van der Waals surface area (Å²) in [6.45, 7) is 0. The van der Waals surface area contributed by atoms with E-state index in [9.17, 15) is 14.7 Å². The van der Waals surface area contributed by atoms with Crippen molar-refractivity contribution in [3.05, 3.63) is 47.5 Å². The van der Waals surface area contributed by atoms with E-state index in [-0.39, 0.29) is 23.4 Å². The minimum Gasteiger partial charge on any atom is -0.506 e. The van der Waals surface area contributed by atoms with Gasteiger partial charge >= 0.3 is 5.97 Å². The molecule has 0 heterocycles. The molecule has 0 aromatic heterocycles. The van der Waals surface area contributed by atoms with E-state index in [2.05, 4.69) is 5.32 Å². The Morgan fingerprint density at radius 1 is 1.04 bits per heavy atom. The zero-order chi connectivity index (χ0) is 17.7. The first-order valence-corrected chi connectivity index (χ1v) is 7.01. The molecule has 0 atom stereocenters. The first kappa shape index (κ1) is 17.1. The van der Waals surface area contributed by atoms with Gasteiger partial charge in [-0.05, 0) is 35.9 Å². The summed E-state index contributed by atoms with van der Waals surface area (Å²) in [7, 11) is 3.01. The SMILES string of the molecule is COc1ccc(CC(=O)Nc2cc(C(=O)O)ccc2O)cc1OC. The largest absolute Gasteiger partial charge is 0.506 e. The van der Waals surface area contributed by atoms with E-state index in [1.165, 1.54) is 32.4 Å². The van der Waals surface area contributed by atoms with Crippen LogP contribution >= 0.6 is 0 Å². The maximum atomic E-state index is 12.1. The third-order valence-corrected chi connectivity index (χ3v) is 3.33. The Hall–Kier alpha value is -3.22. The van der Waals surface area contributed by atoms with Crippen LogP contribution in [0.2, 0.25) is 0 Å². The van der Waals surface area contributed by atoms with Gasteiger partial charge in [-0.25, -0.2) is 4.79 Å². The van der Waals surface area contributed by atoms with Crippen LogP contribution in [-0.2, 0) is 11.2 Å². The summed E-state index contributed by atoms with van der Waals surface area (Å²) in [5.41, 5.74) is 0.689. The van der Waals surface area contributed by atoms with Gasteiger partial charge in [-0.15, -0.1) is 0 Å². The standard InChI is InChI=1S/C17H17NO6/c1-23-14-6-3-10(7-15(14)24-2)8-16(20)18-12-9-11(17(21)22)4-5-13(12)19/h3-7,9,19H,8H2,1-2H3,(H,18,20)(H,21,22). The van der Waals surface area contributed by atoms with Crippen LogP contribution in [0.3, 0.4) is 0 Å². The second-order valence-electron chi connectivity index (χ2n) is 4.95. The van der Waals surface area contributed by atoms with Gasteiger partial charge in [-0.3, -0.25) is 4.79 Å².